The first-order valence-corrected chi connectivity index (χ1v) is 7.60. The molecule has 2 rings (SSSR count). The Hall–Kier alpha value is -1.60. The Bertz CT molecular complexity index is 670. The highest BCUT2D eigenvalue weighted by atomic mass is 35.5. The Morgan fingerprint density at radius 2 is 1.33 bits per heavy atom. The molecule has 0 spiro atoms. The summed E-state index contributed by atoms with van der Waals surface area (Å²) in [5.74, 6) is 0.243. The van der Waals surface area contributed by atoms with Crippen LogP contribution in [-0.2, 0) is 23.1 Å². The fourth-order valence-corrected chi connectivity index (χ4v) is 2.28. The van der Waals surface area contributed by atoms with Gasteiger partial charge in [0.25, 0.3) is 0 Å². The SMILES string of the molecule is Cl.NS(=O)(=O)c1ccc(CNCc2ccc(O)cc2)cc1. The first kappa shape index (κ1) is 17.5. The molecule has 2 aromatic carbocycles. The quantitative estimate of drug-likeness (QED) is 0.779. The summed E-state index contributed by atoms with van der Waals surface area (Å²) in [6.45, 7) is 1.28. The van der Waals surface area contributed by atoms with Crippen LogP contribution in [0.1, 0.15) is 11.1 Å². The second kappa shape index (κ2) is 7.42. The molecule has 114 valence electrons. The standard InChI is InChI=1S/C14H16N2O3S.ClH/c15-20(18,19)14-7-3-12(4-8-14)10-16-9-11-1-5-13(17)6-2-11;/h1-8,16-17H,9-10H2,(H2,15,18,19);1H. The molecule has 0 amide bonds. The molecule has 5 nitrogen and oxygen atoms in total. The van der Waals surface area contributed by atoms with Crippen LogP contribution in [-0.4, -0.2) is 13.5 Å². The summed E-state index contributed by atoms with van der Waals surface area (Å²) in [5.41, 5.74) is 2.03. The minimum Gasteiger partial charge on any atom is -0.508 e. The molecule has 0 saturated heterocycles. The lowest BCUT2D eigenvalue weighted by Crippen LogP contribution is -2.14. The van der Waals surface area contributed by atoms with E-state index in [0.29, 0.717) is 13.1 Å². The van der Waals surface area contributed by atoms with Crippen molar-refractivity contribution in [2.75, 3.05) is 0 Å². The normalized spacial score (nSPS) is 10.9. The van der Waals surface area contributed by atoms with Gasteiger partial charge in [0.2, 0.25) is 10.0 Å². The molecule has 0 heterocycles. The highest BCUT2D eigenvalue weighted by Crippen LogP contribution is 2.11. The monoisotopic (exact) mass is 328 g/mol. The highest BCUT2D eigenvalue weighted by Gasteiger charge is 2.06. The van der Waals surface area contributed by atoms with E-state index >= 15 is 0 Å². The van der Waals surface area contributed by atoms with E-state index in [1.165, 1.54) is 12.1 Å². The summed E-state index contributed by atoms with van der Waals surface area (Å²) in [6.07, 6.45) is 0. The number of halogens is 1. The zero-order valence-corrected chi connectivity index (χ0v) is 12.8. The van der Waals surface area contributed by atoms with E-state index in [9.17, 15) is 13.5 Å². The second-order valence-corrected chi connectivity index (χ2v) is 6.02. The molecule has 0 bridgehead atoms. The van der Waals surface area contributed by atoms with Crippen LogP contribution in [0, 0.1) is 0 Å². The minimum atomic E-state index is -3.63. The van der Waals surface area contributed by atoms with Crippen molar-refractivity contribution in [1.29, 1.82) is 0 Å². The maximum atomic E-state index is 11.1. The van der Waals surface area contributed by atoms with Crippen LogP contribution in [0.2, 0.25) is 0 Å². The van der Waals surface area contributed by atoms with Gasteiger partial charge in [-0.2, -0.15) is 0 Å². The predicted octanol–water partition coefficient (Wildman–Crippen LogP) is 1.75. The highest BCUT2D eigenvalue weighted by molar-refractivity contribution is 7.89. The lowest BCUT2D eigenvalue weighted by molar-refractivity contribution is 0.475. The number of nitrogens with one attached hydrogen (secondary N) is 1. The van der Waals surface area contributed by atoms with E-state index < -0.39 is 10.0 Å². The van der Waals surface area contributed by atoms with Gasteiger partial charge < -0.3 is 10.4 Å². The Balaban J connectivity index is 0.00000220. The van der Waals surface area contributed by atoms with Crippen molar-refractivity contribution in [3.63, 3.8) is 0 Å². The molecule has 0 atom stereocenters. The average molecular weight is 329 g/mol. The van der Waals surface area contributed by atoms with Gasteiger partial charge in [-0.05, 0) is 35.4 Å². The van der Waals surface area contributed by atoms with Gasteiger partial charge in [0.15, 0.2) is 0 Å². The van der Waals surface area contributed by atoms with Gasteiger partial charge in [0.1, 0.15) is 5.75 Å². The van der Waals surface area contributed by atoms with E-state index in [4.69, 9.17) is 5.14 Å². The summed E-state index contributed by atoms with van der Waals surface area (Å²) < 4.78 is 22.2. The molecule has 4 N–H and O–H groups in total. The van der Waals surface area contributed by atoms with Crippen LogP contribution in [0.5, 0.6) is 5.75 Å². The predicted molar refractivity (Wildman–Crippen MR) is 83.7 cm³/mol. The minimum absolute atomic E-state index is 0. The number of sulfonamides is 1. The van der Waals surface area contributed by atoms with Crippen molar-refractivity contribution in [3.05, 3.63) is 59.7 Å². The first-order valence-electron chi connectivity index (χ1n) is 6.05. The van der Waals surface area contributed by atoms with Crippen LogP contribution in [0.3, 0.4) is 0 Å². The van der Waals surface area contributed by atoms with E-state index in [-0.39, 0.29) is 23.1 Å². The number of nitrogens with two attached hydrogens (primary N) is 1. The van der Waals surface area contributed by atoms with E-state index in [0.717, 1.165) is 11.1 Å². The van der Waals surface area contributed by atoms with Gasteiger partial charge in [0.05, 0.1) is 4.90 Å². The zero-order chi connectivity index (χ0) is 14.6. The molecule has 0 aliphatic rings. The Labute approximate surface area is 130 Å². The molecule has 0 fully saturated rings. The number of phenolic OH excluding ortho intramolecular Hbond substituents is 1. The fourth-order valence-electron chi connectivity index (χ4n) is 1.76. The van der Waals surface area contributed by atoms with Crippen molar-refractivity contribution in [2.45, 2.75) is 18.0 Å². The molecular weight excluding hydrogens is 312 g/mol. The molecule has 0 radical (unpaired) electrons. The second-order valence-electron chi connectivity index (χ2n) is 4.46. The number of hydrogen-bond donors (Lipinski definition) is 3. The van der Waals surface area contributed by atoms with Gasteiger partial charge in [-0.1, -0.05) is 24.3 Å². The number of rotatable bonds is 5. The van der Waals surface area contributed by atoms with Crippen molar-refractivity contribution in [2.24, 2.45) is 5.14 Å². The molecule has 0 aromatic heterocycles. The van der Waals surface area contributed by atoms with Gasteiger partial charge in [-0.3, -0.25) is 0 Å². The maximum absolute atomic E-state index is 11.1. The first-order chi connectivity index (χ1) is 9.45. The molecule has 2 aromatic rings. The number of hydrogen-bond acceptors (Lipinski definition) is 4. The topological polar surface area (TPSA) is 92.4 Å². The number of benzene rings is 2. The third kappa shape index (κ3) is 5.35. The Morgan fingerprint density at radius 1 is 0.905 bits per heavy atom. The summed E-state index contributed by atoms with van der Waals surface area (Å²) in [6, 6.07) is 13.4. The third-order valence-corrected chi connectivity index (χ3v) is 3.78. The molecule has 0 unspecified atom stereocenters. The van der Waals surface area contributed by atoms with Crippen LogP contribution < -0.4 is 10.5 Å². The van der Waals surface area contributed by atoms with E-state index in [1.54, 1.807) is 24.3 Å². The van der Waals surface area contributed by atoms with Gasteiger partial charge in [-0.25, -0.2) is 13.6 Å². The molecule has 0 aliphatic heterocycles. The molecule has 21 heavy (non-hydrogen) atoms. The Morgan fingerprint density at radius 3 is 1.76 bits per heavy atom. The van der Waals surface area contributed by atoms with Crippen LogP contribution in [0.15, 0.2) is 53.4 Å². The van der Waals surface area contributed by atoms with E-state index in [1.807, 2.05) is 12.1 Å². The van der Waals surface area contributed by atoms with Crippen molar-refractivity contribution >= 4 is 22.4 Å². The summed E-state index contributed by atoms with van der Waals surface area (Å²) in [4.78, 5) is 0.111. The van der Waals surface area contributed by atoms with Gasteiger partial charge >= 0.3 is 0 Å². The molecule has 0 aliphatic carbocycles. The van der Waals surface area contributed by atoms with Crippen LogP contribution >= 0.6 is 12.4 Å². The third-order valence-electron chi connectivity index (χ3n) is 2.85. The molecule has 7 heteroatoms. The summed E-state index contributed by atoms with van der Waals surface area (Å²) in [7, 11) is -3.63. The molecule has 0 saturated carbocycles. The Kier molecular flexibility index (Phi) is 6.17. The zero-order valence-electron chi connectivity index (χ0n) is 11.2. The fraction of sp³-hybridized carbons (Fsp3) is 0.143. The lowest BCUT2D eigenvalue weighted by atomic mass is 10.2. The number of phenols is 1. The smallest absolute Gasteiger partial charge is 0.238 e. The van der Waals surface area contributed by atoms with Gasteiger partial charge in [0, 0.05) is 13.1 Å². The number of primary sulfonamides is 1. The van der Waals surface area contributed by atoms with Crippen molar-refractivity contribution < 1.29 is 13.5 Å². The van der Waals surface area contributed by atoms with Gasteiger partial charge in [-0.15, -0.1) is 12.4 Å². The van der Waals surface area contributed by atoms with Crippen LogP contribution in [0.25, 0.3) is 0 Å². The average Bonchev–Trinajstić information content (AvgIpc) is 2.41. The largest absolute Gasteiger partial charge is 0.508 e. The van der Waals surface area contributed by atoms with E-state index in [2.05, 4.69) is 5.32 Å². The summed E-state index contributed by atoms with van der Waals surface area (Å²) >= 11 is 0. The maximum Gasteiger partial charge on any atom is 0.238 e. The molecular formula is C14H17ClN2O3S. The van der Waals surface area contributed by atoms with Crippen molar-refractivity contribution in [1.82, 2.24) is 5.32 Å². The lowest BCUT2D eigenvalue weighted by Gasteiger charge is -2.06. The van der Waals surface area contributed by atoms with Crippen LogP contribution in [0.4, 0.5) is 0 Å². The van der Waals surface area contributed by atoms with Crippen molar-refractivity contribution in [3.8, 4) is 5.75 Å². The summed E-state index contributed by atoms with van der Waals surface area (Å²) in [5, 5.41) is 17.4. The number of aromatic hydroxyl groups is 1.